The van der Waals surface area contributed by atoms with Crippen molar-refractivity contribution < 1.29 is 8.81 Å². The monoisotopic (exact) mass is 390 g/mol. The summed E-state index contributed by atoms with van der Waals surface area (Å²) in [5, 5.41) is 12.6. The normalized spacial score (nSPS) is 12.3. The standard InChI is InChI=1S/C23H23FN4O/c1-16-4-9-18(10-5-16)21(28(2)3)15-26-23-20(14-25)27-22(29-23)13-8-17-6-11-19(24)12-7-17/h4-13,21,26H,15H2,1-3H3/b13-8+. The minimum atomic E-state index is -0.291. The first kappa shape index (κ1) is 20.3. The number of benzene rings is 2. The summed E-state index contributed by atoms with van der Waals surface area (Å²) in [5.41, 5.74) is 3.39. The molecule has 3 aromatic rings. The van der Waals surface area contributed by atoms with Gasteiger partial charge in [0, 0.05) is 12.6 Å². The van der Waals surface area contributed by atoms with Crippen LogP contribution in [0.5, 0.6) is 0 Å². The number of nitrogens with one attached hydrogen (secondary N) is 1. The van der Waals surface area contributed by atoms with E-state index in [9.17, 15) is 9.65 Å². The number of nitriles is 1. The van der Waals surface area contributed by atoms with Gasteiger partial charge in [-0.15, -0.1) is 0 Å². The minimum absolute atomic E-state index is 0.102. The molecule has 0 aliphatic heterocycles. The highest BCUT2D eigenvalue weighted by molar-refractivity contribution is 5.67. The average Bonchev–Trinajstić information content (AvgIpc) is 3.11. The topological polar surface area (TPSA) is 65.1 Å². The molecule has 5 nitrogen and oxygen atoms in total. The van der Waals surface area contributed by atoms with E-state index < -0.39 is 0 Å². The number of aryl methyl sites for hydroxylation is 1. The Morgan fingerprint density at radius 1 is 1.14 bits per heavy atom. The molecule has 1 heterocycles. The highest BCUT2D eigenvalue weighted by atomic mass is 19.1. The van der Waals surface area contributed by atoms with Gasteiger partial charge in [0.05, 0.1) is 6.04 Å². The van der Waals surface area contributed by atoms with Crippen LogP contribution in [0.25, 0.3) is 12.2 Å². The molecule has 2 aromatic carbocycles. The van der Waals surface area contributed by atoms with E-state index in [4.69, 9.17) is 4.42 Å². The zero-order valence-corrected chi connectivity index (χ0v) is 16.7. The third kappa shape index (κ3) is 5.31. The second kappa shape index (κ2) is 9.18. The van der Waals surface area contributed by atoms with Gasteiger partial charge in [-0.05, 0) is 50.4 Å². The van der Waals surface area contributed by atoms with Gasteiger partial charge >= 0.3 is 0 Å². The van der Waals surface area contributed by atoms with Crippen LogP contribution < -0.4 is 5.32 Å². The van der Waals surface area contributed by atoms with E-state index in [0.717, 1.165) is 5.56 Å². The zero-order chi connectivity index (χ0) is 20.8. The van der Waals surface area contributed by atoms with Gasteiger partial charge in [0.25, 0.3) is 0 Å². The summed E-state index contributed by atoms with van der Waals surface area (Å²) in [6, 6.07) is 16.6. The fraction of sp³-hybridized carbons (Fsp3) is 0.217. The summed E-state index contributed by atoms with van der Waals surface area (Å²) < 4.78 is 18.7. The lowest BCUT2D eigenvalue weighted by atomic mass is 10.0. The van der Waals surface area contributed by atoms with Crippen molar-refractivity contribution in [2.24, 2.45) is 0 Å². The fourth-order valence-electron chi connectivity index (χ4n) is 2.92. The van der Waals surface area contributed by atoms with Crippen LogP contribution in [0.1, 0.15) is 34.3 Å². The summed E-state index contributed by atoms with van der Waals surface area (Å²) in [6.45, 7) is 2.61. The molecule has 0 saturated heterocycles. The largest absolute Gasteiger partial charge is 0.420 e. The quantitative estimate of drug-likeness (QED) is 0.623. The first-order valence-corrected chi connectivity index (χ1v) is 9.27. The lowest BCUT2D eigenvalue weighted by Gasteiger charge is -2.25. The van der Waals surface area contributed by atoms with Crippen molar-refractivity contribution in [1.29, 1.82) is 5.26 Å². The van der Waals surface area contributed by atoms with Gasteiger partial charge in [0.1, 0.15) is 11.9 Å². The molecule has 0 aliphatic carbocycles. The Morgan fingerprint density at radius 3 is 2.45 bits per heavy atom. The third-order valence-corrected chi connectivity index (χ3v) is 4.58. The molecule has 0 spiro atoms. The average molecular weight is 390 g/mol. The fourth-order valence-corrected chi connectivity index (χ4v) is 2.92. The van der Waals surface area contributed by atoms with Crippen molar-refractivity contribution >= 4 is 18.0 Å². The molecule has 1 unspecified atom stereocenters. The zero-order valence-electron chi connectivity index (χ0n) is 16.7. The number of hydrogen-bond acceptors (Lipinski definition) is 5. The number of oxazole rings is 1. The smallest absolute Gasteiger partial charge is 0.232 e. The summed E-state index contributed by atoms with van der Waals surface area (Å²) >= 11 is 0. The van der Waals surface area contributed by atoms with E-state index in [0.29, 0.717) is 18.3 Å². The van der Waals surface area contributed by atoms with Gasteiger partial charge in [-0.25, -0.2) is 4.39 Å². The van der Waals surface area contributed by atoms with Gasteiger partial charge in [0.2, 0.25) is 17.5 Å². The second-order valence-corrected chi connectivity index (χ2v) is 7.00. The van der Waals surface area contributed by atoms with E-state index in [1.807, 2.05) is 14.1 Å². The van der Waals surface area contributed by atoms with Crippen LogP contribution in [0, 0.1) is 24.1 Å². The Kier molecular flexibility index (Phi) is 6.43. The number of hydrogen-bond donors (Lipinski definition) is 1. The van der Waals surface area contributed by atoms with Crippen molar-refractivity contribution in [1.82, 2.24) is 9.88 Å². The minimum Gasteiger partial charge on any atom is -0.420 e. The molecule has 0 amide bonds. The summed E-state index contributed by atoms with van der Waals surface area (Å²) in [6.07, 6.45) is 3.41. The molecule has 29 heavy (non-hydrogen) atoms. The summed E-state index contributed by atoms with van der Waals surface area (Å²) in [5.74, 6) is 0.357. The first-order chi connectivity index (χ1) is 14.0. The maximum atomic E-state index is 13.0. The van der Waals surface area contributed by atoms with Crippen molar-refractivity contribution in [3.05, 3.63) is 82.6 Å². The van der Waals surface area contributed by atoms with Gasteiger partial charge in [-0.2, -0.15) is 10.2 Å². The van der Waals surface area contributed by atoms with Crippen molar-refractivity contribution in [3.63, 3.8) is 0 Å². The van der Waals surface area contributed by atoms with Crippen LogP contribution in [-0.2, 0) is 0 Å². The molecule has 3 rings (SSSR count). The van der Waals surface area contributed by atoms with Gasteiger partial charge in [-0.3, -0.25) is 0 Å². The molecular weight excluding hydrogens is 367 g/mol. The number of aromatic nitrogens is 1. The lowest BCUT2D eigenvalue weighted by Crippen LogP contribution is -2.26. The highest BCUT2D eigenvalue weighted by Crippen LogP contribution is 2.23. The first-order valence-electron chi connectivity index (χ1n) is 9.27. The maximum absolute atomic E-state index is 13.0. The van der Waals surface area contributed by atoms with Crippen molar-refractivity contribution in [3.8, 4) is 6.07 Å². The molecular formula is C23H23FN4O. The number of nitrogens with zero attached hydrogens (tertiary/aromatic N) is 3. The number of rotatable bonds is 7. The molecule has 0 radical (unpaired) electrons. The Hall–Kier alpha value is -3.43. The molecule has 1 atom stereocenters. The van der Waals surface area contributed by atoms with Gasteiger partial charge in [-0.1, -0.05) is 42.0 Å². The summed E-state index contributed by atoms with van der Waals surface area (Å²) in [7, 11) is 4.02. The molecule has 0 bridgehead atoms. The Balaban J connectivity index is 1.73. The predicted octanol–water partition coefficient (Wildman–Crippen LogP) is 4.88. The molecule has 1 N–H and O–H groups in total. The molecule has 0 saturated carbocycles. The maximum Gasteiger partial charge on any atom is 0.232 e. The van der Waals surface area contributed by atoms with Crippen molar-refractivity contribution in [2.75, 3.05) is 26.0 Å². The molecule has 0 fully saturated rings. The summed E-state index contributed by atoms with van der Waals surface area (Å²) in [4.78, 5) is 6.31. The van der Waals surface area contributed by atoms with E-state index in [2.05, 4.69) is 52.5 Å². The van der Waals surface area contributed by atoms with Crippen LogP contribution in [0.2, 0.25) is 0 Å². The van der Waals surface area contributed by atoms with Crippen LogP contribution in [-0.4, -0.2) is 30.5 Å². The predicted molar refractivity (Wildman–Crippen MR) is 113 cm³/mol. The number of halogens is 1. The van der Waals surface area contributed by atoms with E-state index in [-0.39, 0.29) is 17.6 Å². The van der Waals surface area contributed by atoms with Crippen LogP contribution in [0.15, 0.2) is 52.9 Å². The number of anilines is 1. The highest BCUT2D eigenvalue weighted by Gasteiger charge is 2.17. The Bertz CT molecular complexity index is 1010. The Labute approximate surface area is 170 Å². The molecule has 1 aromatic heterocycles. The van der Waals surface area contributed by atoms with E-state index in [1.165, 1.54) is 23.3 Å². The molecule has 148 valence electrons. The lowest BCUT2D eigenvalue weighted by molar-refractivity contribution is 0.310. The van der Waals surface area contributed by atoms with Crippen LogP contribution >= 0.6 is 0 Å². The van der Waals surface area contributed by atoms with Crippen LogP contribution in [0.3, 0.4) is 0 Å². The van der Waals surface area contributed by atoms with Crippen LogP contribution in [0.4, 0.5) is 10.3 Å². The van der Waals surface area contributed by atoms with Gasteiger partial charge < -0.3 is 14.6 Å². The molecule has 0 aliphatic rings. The SMILES string of the molecule is Cc1ccc(C(CNc2oc(/C=C/c3ccc(F)cc3)nc2C#N)N(C)C)cc1. The third-order valence-electron chi connectivity index (χ3n) is 4.58. The molecule has 6 heteroatoms. The second-order valence-electron chi connectivity index (χ2n) is 7.00. The Morgan fingerprint density at radius 2 is 1.83 bits per heavy atom. The van der Waals surface area contributed by atoms with E-state index >= 15 is 0 Å². The van der Waals surface area contributed by atoms with E-state index in [1.54, 1.807) is 24.3 Å². The van der Waals surface area contributed by atoms with Crippen molar-refractivity contribution in [2.45, 2.75) is 13.0 Å². The van der Waals surface area contributed by atoms with Gasteiger partial charge in [0.15, 0.2) is 0 Å². The number of likely N-dealkylation sites (N-methyl/N-ethyl adjacent to an activating group) is 1.